The number of likely N-dealkylation sites (tertiary alicyclic amines) is 1. The van der Waals surface area contributed by atoms with Crippen molar-refractivity contribution in [2.75, 3.05) is 26.2 Å². The summed E-state index contributed by atoms with van der Waals surface area (Å²) >= 11 is 0. The maximum Gasteiger partial charge on any atom is 0.273 e. The fourth-order valence-electron chi connectivity index (χ4n) is 3.39. The van der Waals surface area contributed by atoms with Crippen molar-refractivity contribution in [3.8, 4) is 0 Å². The molecule has 2 aromatic rings. The Morgan fingerprint density at radius 1 is 1.42 bits per heavy atom. The van der Waals surface area contributed by atoms with Crippen molar-refractivity contribution in [1.82, 2.24) is 25.2 Å². The first-order valence-corrected chi connectivity index (χ1v) is 9.24. The standard InChI is InChI=1S/C19H27N5O2/c1-15-5-2-6-16(11-15)12-23-9-3-7-17(13-23)24-14-18(21-22-24)19(26)20-8-4-10-25/h2,5-6,11,14,17,25H,3-4,7-10,12-13H2,1H3,(H,20,26)/t17-/m0/s1. The second-order valence-corrected chi connectivity index (χ2v) is 6.94. The van der Waals surface area contributed by atoms with E-state index >= 15 is 0 Å². The largest absolute Gasteiger partial charge is 0.396 e. The zero-order valence-corrected chi connectivity index (χ0v) is 15.3. The van der Waals surface area contributed by atoms with Crippen molar-refractivity contribution in [2.45, 2.75) is 38.8 Å². The molecular weight excluding hydrogens is 330 g/mol. The van der Waals surface area contributed by atoms with Crippen molar-refractivity contribution in [3.63, 3.8) is 0 Å². The lowest BCUT2D eigenvalue weighted by atomic mass is 10.0. The second-order valence-electron chi connectivity index (χ2n) is 6.94. The van der Waals surface area contributed by atoms with Crippen LogP contribution in [0, 0.1) is 6.92 Å². The predicted octanol–water partition coefficient (Wildman–Crippen LogP) is 1.54. The fourth-order valence-corrected chi connectivity index (χ4v) is 3.39. The molecule has 26 heavy (non-hydrogen) atoms. The average Bonchev–Trinajstić information content (AvgIpc) is 3.12. The molecule has 1 amide bonds. The first kappa shape index (κ1) is 18.5. The van der Waals surface area contributed by atoms with Gasteiger partial charge in [0.25, 0.3) is 5.91 Å². The first-order valence-electron chi connectivity index (χ1n) is 9.24. The zero-order chi connectivity index (χ0) is 18.4. The molecule has 7 nitrogen and oxygen atoms in total. The van der Waals surface area contributed by atoms with E-state index in [0.29, 0.717) is 18.7 Å². The van der Waals surface area contributed by atoms with Crippen LogP contribution in [0.5, 0.6) is 0 Å². The maximum absolute atomic E-state index is 12.0. The van der Waals surface area contributed by atoms with Gasteiger partial charge < -0.3 is 10.4 Å². The molecule has 0 aliphatic carbocycles. The molecule has 1 aromatic carbocycles. The van der Waals surface area contributed by atoms with Crippen LogP contribution in [0.25, 0.3) is 0 Å². The maximum atomic E-state index is 12.0. The van der Waals surface area contributed by atoms with Crippen molar-refractivity contribution in [3.05, 3.63) is 47.3 Å². The predicted molar refractivity (Wildman–Crippen MR) is 98.8 cm³/mol. The highest BCUT2D eigenvalue weighted by molar-refractivity contribution is 5.91. The molecule has 140 valence electrons. The van der Waals surface area contributed by atoms with E-state index in [-0.39, 0.29) is 18.6 Å². The molecule has 3 rings (SSSR count). The highest BCUT2D eigenvalue weighted by Gasteiger charge is 2.23. The van der Waals surface area contributed by atoms with Gasteiger partial charge in [-0.1, -0.05) is 35.0 Å². The minimum absolute atomic E-state index is 0.0613. The summed E-state index contributed by atoms with van der Waals surface area (Å²) in [6, 6.07) is 8.85. The Kier molecular flexibility index (Phi) is 6.35. The van der Waals surface area contributed by atoms with E-state index in [1.54, 1.807) is 6.20 Å². The lowest BCUT2D eigenvalue weighted by Crippen LogP contribution is -2.36. The van der Waals surface area contributed by atoms with E-state index < -0.39 is 0 Å². The molecule has 1 aliphatic rings. The number of rotatable bonds is 7. The summed E-state index contributed by atoms with van der Waals surface area (Å²) in [5, 5.41) is 19.7. The van der Waals surface area contributed by atoms with Gasteiger partial charge in [-0.05, 0) is 38.3 Å². The van der Waals surface area contributed by atoms with Crippen LogP contribution in [0.15, 0.2) is 30.5 Å². The van der Waals surface area contributed by atoms with Gasteiger partial charge in [-0.25, -0.2) is 4.68 Å². The summed E-state index contributed by atoms with van der Waals surface area (Å²) in [7, 11) is 0. The van der Waals surface area contributed by atoms with Gasteiger partial charge in [0.05, 0.1) is 12.2 Å². The first-order chi connectivity index (χ1) is 12.7. The summed E-state index contributed by atoms with van der Waals surface area (Å²) in [5.74, 6) is -0.239. The molecule has 0 spiro atoms. The highest BCUT2D eigenvalue weighted by Crippen LogP contribution is 2.22. The average molecular weight is 357 g/mol. The number of nitrogens with zero attached hydrogens (tertiary/aromatic N) is 4. The van der Waals surface area contributed by atoms with Crippen molar-refractivity contribution >= 4 is 5.91 Å². The van der Waals surface area contributed by atoms with Crippen LogP contribution in [0.3, 0.4) is 0 Å². The van der Waals surface area contributed by atoms with E-state index in [9.17, 15) is 4.79 Å². The number of benzene rings is 1. The Morgan fingerprint density at radius 3 is 3.12 bits per heavy atom. The van der Waals surface area contributed by atoms with Crippen LogP contribution in [-0.2, 0) is 6.54 Å². The van der Waals surface area contributed by atoms with Crippen LogP contribution in [-0.4, -0.2) is 57.1 Å². The molecule has 7 heteroatoms. The van der Waals surface area contributed by atoms with Crippen molar-refractivity contribution in [1.29, 1.82) is 0 Å². The topological polar surface area (TPSA) is 83.3 Å². The highest BCUT2D eigenvalue weighted by atomic mass is 16.3. The van der Waals surface area contributed by atoms with Crippen LogP contribution in [0.1, 0.15) is 46.9 Å². The Morgan fingerprint density at radius 2 is 2.31 bits per heavy atom. The normalized spacial score (nSPS) is 18.0. The number of hydrogen-bond donors (Lipinski definition) is 2. The van der Waals surface area contributed by atoms with E-state index in [4.69, 9.17) is 5.11 Å². The van der Waals surface area contributed by atoms with E-state index in [0.717, 1.165) is 32.5 Å². The SMILES string of the molecule is Cc1cccc(CN2CCC[C@H](n3cc(C(=O)NCCCO)nn3)C2)c1. The van der Waals surface area contributed by atoms with Gasteiger partial charge in [0, 0.05) is 26.2 Å². The number of aromatic nitrogens is 3. The van der Waals surface area contributed by atoms with E-state index in [1.807, 2.05) is 4.68 Å². The third-order valence-corrected chi connectivity index (χ3v) is 4.71. The summed E-state index contributed by atoms with van der Waals surface area (Å²) in [5.41, 5.74) is 2.94. The number of amides is 1. The molecule has 0 radical (unpaired) electrons. The molecule has 0 bridgehead atoms. The number of aryl methyl sites for hydroxylation is 1. The van der Waals surface area contributed by atoms with Gasteiger partial charge in [-0.3, -0.25) is 9.69 Å². The van der Waals surface area contributed by atoms with Gasteiger partial charge >= 0.3 is 0 Å². The summed E-state index contributed by atoms with van der Waals surface area (Å²) in [6.07, 6.45) is 4.42. The monoisotopic (exact) mass is 357 g/mol. The number of nitrogens with one attached hydrogen (secondary N) is 1. The van der Waals surface area contributed by atoms with Crippen molar-refractivity contribution in [2.24, 2.45) is 0 Å². The molecule has 2 N–H and O–H groups in total. The lowest BCUT2D eigenvalue weighted by Gasteiger charge is -2.32. The molecule has 1 atom stereocenters. The number of piperidine rings is 1. The quantitative estimate of drug-likeness (QED) is 0.735. The van der Waals surface area contributed by atoms with Crippen LogP contribution >= 0.6 is 0 Å². The lowest BCUT2D eigenvalue weighted by molar-refractivity contribution is 0.0946. The number of carbonyl (C=O) groups excluding carboxylic acids is 1. The Bertz CT molecular complexity index is 730. The minimum atomic E-state index is -0.239. The Hall–Kier alpha value is -2.25. The number of aliphatic hydroxyl groups excluding tert-OH is 1. The molecular formula is C19H27N5O2. The van der Waals surface area contributed by atoms with Gasteiger partial charge in [0.2, 0.25) is 0 Å². The summed E-state index contributed by atoms with van der Waals surface area (Å²) < 4.78 is 1.82. The Balaban J connectivity index is 1.58. The molecule has 0 saturated carbocycles. The molecule has 1 aromatic heterocycles. The molecule has 1 fully saturated rings. The summed E-state index contributed by atoms with van der Waals surface area (Å²) in [4.78, 5) is 14.5. The van der Waals surface area contributed by atoms with Crippen LogP contribution in [0.4, 0.5) is 0 Å². The molecule has 1 aliphatic heterocycles. The molecule has 0 unspecified atom stereocenters. The van der Waals surface area contributed by atoms with Crippen LogP contribution in [0.2, 0.25) is 0 Å². The number of carbonyl (C=O) groups is 1. The van der Waals surface area contributed by atoms with E-state index in [1.165, 1.54) is 11.1 Å². The smallest absolute Gasteiger partial charge is 0.273 e. The fraction of sp³-hybridized carbons (Fsp3) is 0.526. The number of aliphatic hydroxyl groups is 1. The van der Waals surface area contributed by atoms with Gasteiger partial charge in [0.15, 0.2) is 5.69 Å². The van der Waals surface area contributed by atoms with Gasteiger partial charge in [-0.2, -0.15) is 0 Å². The minimum Gasteiger partial charge on any atom is -0.396 e. The summed E-state index contributed by atoms with van der Waals surface area (Å²) in [6.45, 7) is 5.53. The molecule has 1 saturated heterocycles. The third-order valence-electron chi connectivity index (χ3n) is 4.71. The van der Waals surface area contributed by atoms with Gasteiger partial charge in [0.1, 0.15) is 0 Å². The Labute approximate surface area is 154 Å². The molecule has 2 heterocycles. The van der Waals surface area contributed by atoms with Gasteiger partial charge in [-0.15, -0.1) is 5.10 Å². The zero-order valence-electron chi connectivity index (χ0n) is 15.3. The van der Waals surface area contributed by atoms with Crippen LogP contribution < -0.4 is 5.32 Å². The number of hydrogen-bond acceptors (Lipinski definition) is 5. The second kappa shape index (κ2) is 8.91. The van der Waals surface area contributed by atoms with Crippen molar-refractivity contribution < 1.29 is 9.90 Å². The van der Waals surface area contributed by atoms with E-state index in [2.05, 4.69) is 51.7 Å². The third kappa shape index (κ3) is 4.89.